The highest BCUT2D eigenvalue weighted by Crippen LogP contribution is 2.23. The monoisotopic (exact) mass is 503 g/mol. The van der Waals surface area contributed by atoms with Crippen LogP contribution >= 0.6 is 11.6 Å². The number of benzene rings is 2. The summed E-state index contributed by atoms with van der Waals surface area (Å²) in [7, 11) is 0. The van der Waals surface area contributed by atoms with E-state index in [1.807, 2.05) is 0 Å². The van der Waals surface area contributed by atoms with Crippen molar-refractivity contribution >= 4 is 34.7 Å². The number of ether oxygens (including phenoxy) is 1. The molecule has 2 amide bonds. The Labute approximate surface area is 199 Å². The molecule has 35 heavy (non-hydrogen) atoms. The molecular weight excluding hydrogens is 488 g/mol. The third-order valence-electron chi connectivity index (χ3n) is 5.17. The number of amides is 2. The number of nitrogens with zero attached hydrogens (tertiary/aromatic N) is 3. The van der Waals surface area contributed by atoms with Crippen LogP contribution in [0.5, 0.6) is 5.75 Å². The molecule has 4 N–H and O–H groups in total. The van der Waals surface area contributed by atoms with Gasteiger partial charge in [0.25, 0.3) is 5.56 Å². The van der Waals surface area contributed by atoms with Crippen molar-refractivity contribution in [3.8, 4) is 5.75 Å². The number of fused-ring (bicyclic) bond motifs is 1. The average molecular weight is 504 g/mol. The molecule has 2 aromatic carbocycles. The van der Waals surface area contributed by atoms with Crippen molar-refractivity contribution in [3.05, 3.63) is 97.3 Å². The lowest BCUT2D eigenvalue weighted by molar-refractivity contribution is 0.248. The fourth-order valence-electron chi connectivity index (χ4n) is 3.52. The quantitative estimate of drug-likeness (QED) is 0.429. The van der Waals surface area contributed by atoms with Crippen LogP contribution in [-0.4, -0.2) is 25.8 Å². The zero-order valence-corrected chi connectivity index (χ0v) is 18.5. The minimum atomic E-state index is -1.11. The Morgan fingerprint density at radius 2 is 1.63 bits per heavy atom. The van der Waals surface area contributed by atoms with Crippen LogP contribution in [0.15, 0.2) is 58.3 Å². The minimum absolute atomic E-state index is 0.00630. The van der Waals surface area contributed by atoms with Gasteiger partial charge in [0, 0.05) is 17.8 Å². The van der Waals surface area contributed by atoms with Crippen LogP contribution in [0.4, 0.5) is 18.4 Å². The summed E-state index contributed by atoms with van der Waals surface area (Å²) in [5, 5.41) is -0.273. The fourth-order valence-corrected chi connectivity index (χ4v) is 3.75. The molecule has 0 radical (unpaired) electrons. The molecule has 2 heterocycles. The van der Waals surface area contributed by atoms with Crippen molar-refractivity contribution in [2.45, 2.75) is 13.2 Å². The molecule has 4 rings (SSSR count). The number of nitrogens with two attached hydrogens (primary N) is 2. The standard InChI is InChI=1S/C22H16ClF2N5O5/c23-18-17(35-10-12-2-3-13(24)8-14(12)25)5-6-28(19(18)31)9-11-1-4-15-16(7-11)30(21(27)33)22(34)29(15)20(26)32/h1-8H,9-10H2,(H2,26,32)(H2,27,33). The first-order valence-corrected chi connectivity index (χ1v) is 10.3. The first-order valence-electron chi connectivity index (χ1n) is 9.90. The molecule has 0 saturated carbocycles. The number of imidazole rings is 1. The van der Waals surface area contributed by atoms with Gasteiger partial charge in [0.05, 0.1) is 17.6 Å². The summed E-state index contributed by atoms with van der Waals surface area (Å²) < 4.78 is 34.7. The Balaban J connectivity index is 1.63. The number of aromatic nitrogens is 3. The highest BCUT2D eigenvalue weighted by molar-refractivity contribution is 6.31. The molecule has 10 nitrogen and oxygen atoms in total. The highest BCUT2D eigenvalue weighted by atomic mass is 35.5. The van der Waals surface area contributed by atoms with Crippen LogP contribution in [0.3, 0.4) is 0 Å². The Morgan fingerprint density at radius 3 is 2.29 bits per heavy atom. The second kappa shape index (κ2) is 9.06. The largest absolute Gasteiger partial charge is 0.487 e. The predicted molar refractivity (Wildman–Crippen MR) is 122 cm³/mol. The van der Waals surface area contributed by atoms with Gasteiger partial charge in [0.1, 0.15) is 29.0 Å². The van der Waals surface area contributed by atoms with Gasteiger partial charge in [-0.3, -0.25) is 4.79 Å². The van der Waals surface area contributed by atoms with Crippen molar-refractivity contribution in [2.75, 3.05) is 0 Å². The van der Waals surface area contributed by atoms with E-state index in [9.17, 15) is 28.0 Å². The average Bonchev–Trinajstić information content (AvgIpc) is 3.08. The third-order valence-corrected chi connectivity index (χ3v) is 5.51. The van der Waals surface area contributed by atoms with Crippen LogP contribution in [0.1, 0.15) is 11.1 Å². The minimum Gasteiger partial charge on any atom is -0.487 e. The van der Waals surface area contributed by atoms with E-state index in [2.05, 4.69) is 0 Å². The maximum absolute atomic E-state index is 13.8. The van der Waals surface area contributed by atoms with Gasteiger partial charge in [0.15, 0.2) is 0 Å². The van der Waals surface area contributed by atoms with E-state index >= 15 is 0 Å². The molecular formula is C22H16ClF2N5O5. The van der Waals surface area contributed by atoms with E-state index in [-0.39, 0.29) is 40.5 Å². The van der Waals surface area contributed by atoms with Gasteiger partial charge in [-0.2, -0.15) is 0 Å². The summed E-state index contributed by atoms with van der Waals surface area (Å²) in [4.78, 5) is 48.5. The van der Waals surface area contributed by atoms with E-state index in [0.717, 1.165) is 6.07 Å². The first-order chi connectivity index (χ1) is 16.6. The van der Waals surface area contributed by atoms with Crippen molar-refractivity contribution < 1.29 is 23.1 Å². The number of hydrogen-bond donors (Lipinski definition) is 2. The zero-order chi connectivity index (χ0) is 25.4. The lowest BCUT2D eigenvalue weighted by atomic mass is 10.2. The molecule has 0 aliphatic carbocycles. The van der Waals surface area contributed by atoms with Crippen molar-refractivity contribution in [3.63, 3.8) is 0 Å². The van der Waals surface area contributed by atoms with Crippen LogP contribution < -0.4 is 27.5 Å². The van der Waals surface area contributed by atoms with E-state index in [0.29, 0.717) is 20.8 Å². The molecule has 180 valence electrons. The number of carbonyl (C=O) groups is 2. The summed E-state index contributed by atoms with van der Waals surface area (Å²) in [5.74, 6) is -1.54. The lowest BCUT2D eigenvalue weighted by Crippen LogP contribution is -2.37. The van der Waals surface area contributed by atoms with Crippen molar-refractivity contribution in [1.82, 2.24) is 13.7 Å². The number of hydrogen-bond acceptors (Lipinski definition) is 5. The number of halogens is 3. The molecule has 0 bridgehead atoms. The SMILES string of the molecule is NC(=O)n1c(=O)n(C(N)=O)c2cc(Cn3ccc(OCc4ccc(F)cc4F)c(Cl)c3=O)ccc21. The van der Waals surface area contributed by atoms with Crippen LogP contribution in [0.25, 0.3) is 11.0 Å². The maximum atomic E-state index is 13.8. The smallest absolute Gasteiger partial charge is 0.345 e. The lowest BCUT2D eigenvalue weighted by Gasteiger charge is -2.12. The molecule has 0 aliphatic rings. The van der Waals surface area contributed by atoms with Crippen LogP contribution in [0, 0.1) is 11.6 Å². The highest BCUT2D eigenvalue weighted by Gasteiger charge is 2.20. The van der Waals surface area contributed by atoms with E-state index in [1.54, 1.807) is 0 Å². The Bertz CT molecular complexity index is 1630. The summed E-state index contributed by atoms with van der Waals surface area (Å²) in [6.07, 6.45) is 1.38. The van der Waals surface area contributed by atoms with Crippen molar-refractivity contribution in [2.24, 2.45) is 11.5 Å². The zero-order valence-electron chi connectivity index (χ0n) is 17.7. The van der Waals surface area contributed by atoms with E-state index < -0.39 is 34.9 Å². The molecule has 0 saturated heterocycles. The van der Waals surface area contributed by atoms with Gasteiger partial charge in [-0.15, -0.1) is 0 Å². The van der Waals surface area contributed by atoms with E-state index in [4.69, 9.17) is 27.8 Å². The number of primary amides is 2. The molecule has 2 aromatic heterocycles. The fraction of sp³-hybridized carbons (Fsp3) is 0.0909. The van der Waals surface area contributed by atoms with Crippen LogP contribution in [0.2, 0.25) is 5.02 Å². The first kappa shape index (κ1) is 23.7. The third kappa shape index (κ3) is 4.38. The second-order valence-corrected chi connectivity index (χ2v) is 7.78. The summed E-state index contributed by atoms with van der Waals surface area (Å²) in [5.41, 5.74) is 9.48. The number of carbonyl (C=O) groups excluding carboxylic acids is 2. The topological polar surface area (TPSA) is 144 Å². The van der Waals surface area contributed by atoms with Gasteiger partial charge in [-0.1, -0.05) is 17.7 Å². The summed E-state index contributed by atoms with van der Waals surface area (Å²) >= 11 is 6.14. The Morgan fingerprint density at radius 1 is 0.943 bits per heavy atom. The normalized spacial score (nSPS) is 11.1. The predicted octanol–water partition coefficient (Wildman–Crippen LogP) is 2.38. The van der Waals surface area contributed by atoms with Gasteiger partial charge in [-0.25, -0.2) is 32.3 Å². The summed E-state index contributed by atoms with van der Waals surface area (Å²) in [6.45, 7) is -0.316. The van der Waals surface area contributed by atoms with E-state index in [1.165, 1.54) is 41.1 Å². The molecule has 0 aliphatic heterocycles. The van der Waals surface area contributed by atoms with Gasteiger partial charge < -0.3 is 20.8 Å². The molecule has 0 spiro atoms. The van der Waals surface area contributed by atoms with Gasteiger partial charge >= 0.3 is 17.8 Å². The number of pyridine rings is 1. The molecule has 0 fully saturated rings. The summed E-state index contributed by atoms with van der Waals surface area (Å²) in [6, 6.07) is 6.51. The maximum Gasteiger partial charge on any atom is 0.345 e. The van der Waals surface area contributed by atoms with Gasteiger partial charge in [0.2, 0.25) is 0 Å². The molecule has 0 unspecified atom stereocenters. The van der Waals surface area contributed by atoms with Gasteiger partial charge in [-0.05, 0) is 35.9 Å². The Kier molecular flexibility index (Phi) is 6.14. The molecule has 4 aromatic rings. The second-order valence-electron chi connectivity index (χ2n) is 7.40. The Hall–Kier alpha value is -4.45. The van der Waals surface area contributed by atoms with Crippen LogP contribution in [-0.2, 0) is 13.2 Å². The molecule has 13 heteroatoms. The number of rotatable bonds is 5. The van der Waals surface area contributed by atoms with Crippen molar-refractivity contribution in [1.29, 1.82) is 0 Å². The molecule has 0 atom stereocenters.